The van der Waals surface area contributed by atoms with Gasteiger partial charge < -0.3 is 5.32 Å². The lowest BCUT2D eigenvalue weighted by Crippen LogP contribution is -1.99. The molecular formula is C21H14ClN5. The Kier molecular flexibility index (Phi) is 3.73. The molecule has 27 heavy (non-hydrogen) atoms. The minimum absolute atomic E-state index is 0.650. The molecular weight excluding hydrogens is 358 g/mol. The fourth-order valence-electron chi connectivity index (χ4n) is 3.06. The van der Waals surface area contributed by atoms with Crippen molar-refractivity contribution in [2.45, 2.75) is 0 Å². The van der Waals surface area contributed by atoms with E-state index in [-0.39, 0.29) is 0 Å². The Morgan fingerprint density at radius 3 is 2.63 bits per heavy atom. The van der Waals surface area contributed by atoms with Gasteiger partial charge in [-0.25, -0.2) is 9.97 Å². The highest BCUT2D eigenvalue weighted by Crippen LogP contribution is 2.28. The minimum Gasteiger partial charge on any atom is -0.340 e. The third kappa shape index (κ3) is 2.98. The first-order valence-electron chi connectivity index (χ1n) is 8.49. The summed E-state index contributed by atoms with van der Waals surface area (Å²) in [5.41, 5.74) is 3.73. The van der Waals surface area contributed by atoms with E-state index < -0.39 is 0 Å². The molecule has 2 N–H and O–H groups in total. The second kappa shape index (κ2) is 6.37. The monoisotopic (exact) mass is 371 g/mol. The van der Waals surface area contributed by atoms with Crippen LogP contribution in [-0.4, -0.2) is 20.2 Å². The molecule has 0 aliphatic heterocycles. The molecule has 0 bridgehead atoms. The number of aromatic amines is 1. The van der Waals surface area contributed by atoms with Gasteiger partial charge in [0.2, 0.25) is 0 Å². The summed E-state index contributed by atoms with van der Waals surface area (Å²) in [7, 11) is 0. The van der Waals surface area contributed by atoms with Crippen LogP contribution >= 0.6 is 11.6 Å². The molecule has 0 amide bonds. The average Bonchev–Trinajstić information content (AvgIpc) is 3.16. The number of anilines is 2. The van der Waals surface area contributed by atoms with Crippen molar-refractivity contribution >= 4 is 44.9 Å². The maximum absolute atomic E-state index is 6.01. The van der Waals surface area contributed by atoms with Gasteiger partial charge in [-0.15, -0.1) is 0 Å². The van der Waals surface area contributed by atoms with Crippen molar-refractivity contribution in [1.29, 1.82) is 0 Å². The van der Waals surface area contributed by atoms with Crippen molar-refractivity contribution in [2.24, 2.45) is 0 Å². The Labute approximate surface area is 160 Å². The fourth-order valence-corrected chi connectivity index (χ4v) is 3.18. The number of benzene rings is 3. The second-order valence-electron chi connectivity index (χ2n) is 6.22. The van der Waals surface area contributed by atoms with Gasteiger partial charge in [0.05, 0.1) is 17.2 Å². The largest absolute Gasteiger partial charge is 0.340 e. The van der Waals surface area contributed by atoms with Crippen molar-refractivity contribution in [3.8, 4) is 11.4 Å². The third-order valence-electron chi connectivity index (χ3n) is 4.41. The quantitative estimate of drug-likeness (QED) is 0.435. The SMILES string of the molecule is Clc1ccc(-c2nc(Nc3ccc4[nH]ncc4c3)c3ccccc3n2)cc1. The Hall–Kier alpha value is -3.44. The molecule has 5 rings (SSSR count). The topological polar surface area (TPSA) is 66.5 Å². The maximum atomic E-state index is 6.01. The molecule has 6 heteroatoms. The molecule has 2 aromatic heterocycles. The molecule has 0 aliphatic rings. The van der Waals surface area contributed by atoms with Crippen LogP contribution in [0.4, 0.5) is 11.5 Å². The lowest BCUT2D eigenvalue weighted by molar-refractivity contribution is 1.12. The molecule has 0 aliphatic carbocycles. The fraction of sp³-hybridized carbons (Fsp3) is 0. The van der Waals surface area contributed by atoms with E-state index in [4.69, 9.17) is 21.6 Å². The third-order valence-corrected chi connectivity index (χ3v) is 4.66. The van der Waals surface area contributed by atoms with E-state index >= 15 is 0 Å². The summed E-state index contributed by atoms with van der Waals surface area (Å²) in [5.74, 6) is 1.41. The van der Waals surface area contributed by atoms with Crippen LogP contribution in [0.1, 0.15) is 0 Å². The van der Waals surface area contributed by atoms with Crippen molar-refractivity contribution < 1.29 is 0 Å². The highest BCUT2D eigenvalue weighted by atomic mass is 35.5. The first-order valence-corrected chi connectivity index (χ1v) is 8.87. The van der Waals surface area contributed by atoms with Crippen LogP contribution in [0.25, 0.3) is 33.2 Å². The summed E-state index contributed by atoms with van der Waals surface area (Å²) in [5, 5.41) is 13.1. The highest BCUT2D eigenvalue weighted by Gasteiger charge is 2.10. The van der Waals surface area contributed by atoms with E-state index in [0.29, 0.717) is 10.8 Å². The Morgan fingerprint density at radius 1 is 0.889 bits per heavy atom. The predicted octanol–water partition coefficient (Wildman–Crippen LogP) is 5.57. The van der Waals surface area contributed by atoms with E-state index in [1.807, 2.05) is 66.7 Å². The molecule has 3 aromatic carbocycles. The number of halogens is 1. The molecule has 0 fully saturated rings. The number of fused-ring (bicyclic) bond motifs is 2. The van der Waals surface area contributed by atoms with E-state index in [2.05, 4.69) is 15.5 Å². The van der Waals surface area contributed by atoms with Crippen LogP contribution in [-0.2, 0) is 0 Å². The van der Waals surface area contributed by atoms with Crippen molar-refractivity contribution in [3.63, 3.8) is 0 Å². The number of hydrogen-bond donors (Lipinski definition) is 2. The Bertz CT molecular complexity index is 1260. The molecule has 5 nitrogen and oxygen atoms in total. The molecule has 0 spiro atoms. The zero-order valence-electron chi connectivity index (χ0n) is 14.1. The van der Waals surface area contributed by atoms with Crippen molar-refractivity contribution in [1.82, 2.24) is 20.2 Å². The van der Waals surface area contributed by atoms with E-state index in [0.717, 1.165) is 38.9 Å². The van der Waals surface area contributed by atoms with E-state index in [1.54, 1.807) is 6.20 Å². The van der Waals surface area contributed by atoms with Crippen molar-refractivity contribution in [3.05, 3.63) is 77.9 Å². The van der Waals surface area contributed by atoms with Gasteiger partial charge >= 0.3 is 0 Å². The van der Waals surface area contributed by atoms with Gasteiger partial charge in [0, 0.05) is 27.0 Å². The summed E-state index contributed by atoms with van der Waals surface area (Å²) in [4.78, 5) is 9.48. The van der Waals surface area contributed by atoms with Crippen LogP contribution in [0, 0.1) is 0 Å². The molecule has 0 saturated carbocycles. The Balaban J connectivity index is 1.64. The van der Waals surface area contributed by atoms with Gasteiger partial charge in [0.15, 0.2) is 5.82 Å². The summed E-state index contributed by atoms with van der Waals surface area (Å²) >= 11 is 6.01. The molecule has 0 unspecified atom stereocenters. The average molecular weight is 372 g/mol. The van der Waals surface area contributed by atoms with Gasteiger partial charge in [-0.2, -0.15) is 5.10 Å². The van der Waals surface area contributed by atoms with Crippen LogP contribution in [0.5, 0.6) is 0 Å². The predicted molar refractivity (Wildman–Crippen MR) is 109 cm³/mol. The minimum atomic E-state index is 0.650. The van der Waals surface area contributed by atoms with E-state index in [1.165, 1.54) is 0 Å². The number of H-pyrrole nitrogens is 1. The summed E-state index contributed by atoms with van der Waals surface area (Å²) in [6.07, 6.45) is 1.80. The van der Waals surface area contributed by atoms with Gasteiger partial charge in [0.25, 0.3) is 0 Å². The molecule has 0 radical (unpaired) electrons. The highest BCUT2D eigenvalue weighted by molar-refractivity contribution is 6.30. The number of hydrogen-bond acceptors (Lipinski definition) is 4. The Morgan fingerprint density at radius 2 is 1.74 bits per heavy atom. The number of aromatic nitrogens is 4. The number of nitrogens with one attached hydrogen (secondary N) is 2. The standard InChI is InChI=1S/C21H14ClN5/c22-15-7-5-13(6-8-15)20-25-19-4-2-1-3-17(19)21(26-20)24-16-9-10-18-14(11-16)12-23-27-18/h1-12H,(H,23,27)(H,24,25,26). The second-order valence-corrected chi connectivity index (χ2v) is 6.65. The van der Waals surface area contributed by atoms with Gasteiger partial charge in [-0.3, -0.25) is 5.10 Å². The molecule has 5 aromatic rings. The summed E-state index contributed by atoms with van der Waals surface area (Å²) in [6, 6.07) is 21.5. The van der Waals surface area contributed by atoms with Gasteiger partial charge in [0.1, 0.15) is 5.82 Å². The lowest BCUT2D eigenvalue weighted by atomic mass is 10.1. The zero-order valence-corrected chi connectivity index (χ0v) is 14.9. The first kappa shape index (κ1) is 15.8. The van der Waals surface area contributed by atoms with Crippen LogP contribution < -0.4 is 5.32 Å². The molecule has 2 heterocycles. The number of para-hydroxylation sites is 1. The number of rotatable bonds is 3. The van der Waals surface area contributed by atoms with Crippen LogP contribution in [0.15, 0.2) is 72.9 Å². The van der Waals surface area contributed by atoms with E-state index in [9.17, 15) is 0 Å². The van der Waals surface area contributed by atoms with Crippen LogP contribution in [0.3, 0.4) is 0 Å². The van der Waals surface area contributed by atoms with Crippen molar-refractivity contribution in [2.75, 3.05) is 5.32 Å². The smallest absolute Gasteiger partial charge is 0.162 e. The molecule has 0 atom stereocenters. The summed E-state index contributed by atoms with van der Waals surface area (Å²) in [6.45, 7) is 0. The van der Waals surface area contributed by atoms with Crippen LogP contribution in [0.2, 0.25) is 5.02 Å². The van der Waals surface area contributed by atoms with Gasteiger partial charge in [-0.1, -0.05) is 23.7 Å². The number of nitrogens with zero attached hydrogens (tertiary/aromatic N) is 3. The lowest BCUT2D eigenvalue weighted by Gasteiger charge is -2.11. The molecule has 130 valence electrons. The molecule has 0 saturated heterocycles. The maximum Gasteiger partial charge on any atom is 0.162 e. The zero-order chi connectivity index (χ0) is 18.2. The van der Waals surface area contributed by atoms with Gasteiger partial charge in [-0.05, 0) is 54.6 Å². The first-order chi connectivity index (χ1) is 13.3. The normalized spacial score (nSPS) is 11.1. The summed E-state index contributed by atoms with van der Waals surface area (Å²) < 4.78 is 0.